The van der Waals surface area contributed by atoms with E-state index in [0.29, 0.717) is 36.3 Å². The van der Waals surface area contributed by atoms with Crippen molar-refractivity contribution in [1.82, 2.24) is 15.2 Å². The number of benzene rings is 2. The summed E-state index contributed by atoms with van der Waals surface area (Å²) < 4.78 is 14.0. The second kappa shape index (κ2) is 8.39. The highest BCUT2D eigenvalue weighted by atomic mass is 35.5. The van der Waals surface area contributed by atoms with Crippen LogP contribution in [0, 0.1) is 5.82 Å². The van der Waals surface area contributed by atoms with E-state index in [1.54, 1.807) is 12.3 Å². The van der Waals surface area contributed by atoms with Crippen molar-refractivity contribution in [2.45, 2.75) is 6.54 Å². The predicted molar refractivity (Wildman–Crippen MR) is 109 cm³/mol. The van der Waals surface area contributed by atoms with Crippen LogP contribution in [0.1, 0.15) is 5.56 Å². The molecule has 0 saturated carbocycles. The number of nitrogens with zero attached hydrogens (tertiary/aromatic N) is 5. The minimum atomic E-state index is -0.189. The molecule has 8 heteroatoms. The van der Waals surface area contributed by atoms with Crippen molar-refractivity contribution in [3.8, 4) is 0 Å². The van der Waals surface area contributed by atoms with Gasteiger partial charge in [-0.2, -0.15) is 10.1 Å². The lowest BCUT2D eigenvalue weighted by atomic mass is 10.2. The molecule has 4 rings (SSSR count). The lowest BCUT2D eigenvalue weighted by Crippen LogP contribution is -2.47. The standard InChI is InChI=1S/C20H20ClFN6/c21-16-6-2-1-5-15(16)13-23-20-25-19(14-24-26-20)28-11-9-27(10-12-28)18-8-4-3-7-17(18)22/h1-8,14H,9-13H2,(H,23,25,26). The summed E-state index contributed by atoms with van der Waals surface area (Å²) in [5.41, 5.74) is 1.61. The molecule has 1 aromatic heterocycles. The SMILES string of the molecule is Fc1ccccc1N1CCN(c2cnnc(NCc3ccccc3Cl)n2)CC1. The van der Waals surface area contributed by atoms with Crippen molar-refractivity contribution in [3.63, 3.8) is 0 Å². The molecule has 6 nitrogen and oxygen atoms in total. The third kappa shape index (κ3) is 4.14. The largest absolute Gasteiger partial charge is 0.366 e. The topological polar surface area (TPSA) is 57.2 Å². The molecule has 1 aliphatic heterocycles. The molecule has 144 valence electrons. The van der Waals surface area contributed by atoms with Crippen LogP contribution < -0.4 is 15.1 Å². The molecule has 1 aliphatic rings. The van der Waals surface area contributed by atoms with Crippen LogP contribution in [-0.4, -0.2) is 41.4 Å². The average molecular weight is 399 g/mol. The fourth-order valence-corrected chi connectivity index (χ4v) is 3.43. The number of anilines is 3. The molecule has 0 bridgehead atoms. The van der Waals surface area contributed by atoms with Gasteiger partial charge in [0.05, 0.1) is 11.9 Å². The zero-order chi connectivity index (χ0) is 19.3. The Kier molecular flexibility index (Phi) is 5.53. The van der Waals surface area contributed by atoms with Gasteiger partial charge in [-0.3, -0.25) is 0 Å². The Labute approximate surface area is 168 Å². The van der Waals surface area contributed by atoms with Gasteiger partial charge in [-0.05, 0) is 23.8 Å². The van der Waals surface area contributed by atoms with Crippen LogP contribution in [0.4, 0.5) is 21.8 Å². The van der Waals surface area contributed by atoms with Gasteiger partial charge >= 0.3 is 0 Å². The smallest absolute Gasteiger partial charge is 0.244 e. The number of hydrogen-bond acceptors (Lipinski definition) is 6. The monoisotopic (exact) mass is 398 g/mol. The van der Waals surface area contributed by atoms with Crippen molar-refractivity contribution in [1.29, 1.82) is 0 Å². The summed E-state index contributed by atoms with van der Waals surface area (Å²) in [6.07, 6.45) is 1.65. The second-order valence-electron chi connectivity index (χ2n) is 6.51. The molecule has 0 aliphatic carbocycles. The summed E-state index contributed by atoms with van der Waals surface area (Å²) in [7, 11) is 0. The third-order valence-corrected chi connectivity index (χ3v) is 5.11. The van der Waals surface area contributed by atoms with Gasteiger partial charge in [0.15, 0.2) is 5.82 Å². The van der Waals surface area contributed by atoms with E-state index >= 15 is 0 Å². The van der Waals surface area contributed by atoms with Crippen molar-refractivity contribution in [3.05, 3.63) is 71.1 Å². The molecule has 0 spiro atoms. The van der Waals surface area contributed by atoms with E-state index in [1.807, 2.05) is 36.4 Å². The van der Waals surface area contributed by atoms with Crippen molar-refractivity contribution < 1.29 is 4.39 Å². The zero-order valence-corrected chi connectivity index (χ0v) is 16.0. The normalized spacial score (nSPS) is 14.2. The molecule has 1 saturated heterocycles. The lowest BCUT2D eigenvalue weighted by Gasteiger charge is -2.36. The van der Waals surface area contributed by atoms with Crippen LogP contribution >= 0.6 is 11.6 Å². The number of hydrogen-bond donors (Lipinski definition) is 1. The maximum absolute atomic E-state index is 14.0. The minimum absolute atomic E-state index is 0.189. The van der Waals surface area contributed by atoms with E-state index in [9.17, 15) is 4.39 Å². The molecule has 3 aromatic rings. The number of aromatic nitrogens is 3. The van der Waals surface area contributed by atoms with Gasteiger partial charge in [-0.15, -0.1) is 5.10 Å². The Morgan fingerprint density at radius 3 is 2.46 bits per heavy atom. The van der Waals surface area contributed by atoms with E-state index in [0.717, 1.165) is 24.5 Å². The summed E-state index contributed by atoms with van der Waals surface area (Å²) in [5, 5.41) is 12.0. The number of piperazine rings is 1. The summed E-state index contributed by atoms with van der Waals surface area (Å²) in [5.74, 6) is 1.02. The molecule has 0 radical (unpaired) electrons. The number of rotatable bonds is 5. The first-order chi connectivity index (χ1) is 13.7. The molecular weight excluding hydrogens is 379 g/mol. The van der Waals surface area contributed by atoms with Crippen molar-refractivity contribution in [2.75, 3.05) is 41.3 Å². The first kappa shape index (κ1) is 18.4. The fraction of sp³-hybridized carbons (Fsp3) is 0.250. The molecular formula is C20H20ClFN6. The zero-order valence-electron chi connectivity index (χ0n) is 15.2. The number of para-hydroxylation sites is 1. The Bertz CT molecular complexity index is 945. The maximum atomic E-state index is 14.0. The molecule has 1 N–H and O–H groups in total. The van der Waals surface area contributed by atoms with Gasteiger partial charge < -0.3 is 15.1 Å². The lowest BCUT2D eigenvalue weighted by molar-refractivity contribution is 0.595. The van der Waals surface area contributed by atoms with Crippen LogP contribution in [0.3, 0.4) is 0 Å². The van der Waals surface area contributed by atoms with Gasteiger partial charge in [0.2, 0.25) is 5.95 Å². The van der Waals surface area contributed by atoms with Crippen LogP contribution in [0.5, 0.6) is 0 Å². The summed E-state index contributed by atoms with van der Waals surface area (Å²) >= 11 is 6.18. The Morgan fingerprint density at radius 1 is 0.964 bits per heavy atom. The highest BCUT2D eigenvalue weighted by Crippen LogP contribution is 2.22. The fourth-order valence-electron chi connectivity index (χ4n) is 3.22. The minimum Gasteiger partial charge on any atom is -0.366 e. The Hall–Kier alpha value is -2.93. The van der Waals surface area contributed by atoms with Gasteiger partial charge in [0, 0.05) is 37.7 Å². The third-order valence-electron chi connectivity index (χ3n) is 4.74. The van der Waals surface area contributed by atoms with Crippen LogP contribution in [-0.2, 0) is 6.54 Å². The molecule has 28 heavy (non-hydrogen) atoms. The molecule has 0 amide bonds. The van der Waals surface area contributed by atoms with E-state index in [1.165, 1.54) is 6.07 Å². The van der Waals surface area contributed by atoms with Gasteiger partial charge in [-0.25, -0.2) is 4.39 Å². The Morgan fingerprint density at radius 2 is 1.68 bits per heavy atom. The average Bonchev–Trinajstić information content (AvgIpc) is 2.74. The van der Waals surface area contributed by atoms with E-state index in [-0.39, 0.29) is 5.82 Å². The Balaban J connectivity index is 1.39. The van der Waals surface area contributed by atoms with Crippen LogP contribution in [0.25, 0.3) is 0 Å². The van der Waals surface area contributed by atoms with Gasteiger partial charge in [-0.1, -0.05) is 41.9 Å². The van der Waals surface area contributed by atoms with Crippen LogP contribution in [0.15, 0.2) is 54.7 Å². The second-order valence-corrected chi connectivity index (χ2v) is 6.92. The number of nitrogens with one attached hydrogen (secondary N) is 1. The maximum Gasteiger partial charge on any atom is 0.244 e. The van der Waals surface area contributed by atoms with Crippen molar-refractivity contribution in [2.24, 2.45) is 0 Å². The quantitative estimate of drug-likeness (QED) is 0.708. The molecule has 1 fully saturated rings. The summed E-state index contributed by atoms with van der Waals surface area (Å²) in [4.78, 5) is 8.75. The van der Waals surface area contributed by atoms with Crippen molar-refractivity contribution >= 4 is 29.1 Å². The predicted octanol–water partition coefficient (Wildman–Crippen LogP) is 3.60. The van der Waals surface area contributed by atoms with E-state index in [4.69, 9.17) is 11.6 Å². The van der Waals surface area contributed by atoms with Gasteiger partial charge in [0.1, 0.15) is 5.82 Å². The highest BCUT2D eigenvalue weighted by molar-refractivity contribution is 6.31. The highest BCUT2D eigenvalue weighted by Gasteiger charge is 2.20. The molecule has 0 unspecified atom stereocenters. The summed E-state index contributed by atoms with van der Waals surface area (Å²) in [6, 6.07) is 14.5. The van der Waals surface area contributed by atoms with E-state index < -0.39 is 0 Å². The van der Waals surface area contributed by atoms with Crippen LogP contribution in [0.2, 0.25) is 5.02 Å². The first-order valence-electron chi connectivity index (χ1n) is 9.12. The molecule has 2 heterocycles. The number of halogens is 2. The van der Waals surface area contributed by atoms with Gasteiger partial charge in [0.25, 0.3) is 0 Å². The first-order valence-corrected chi connectivity index (χ1v) is 9.50. The molecule has 0 atom stereocenters. The molecule has 2 aromatic carbocycles. The van der Waals surface area contributed by atoms with E-state index in [2.05, 4.69) is 30.3 Å². The summed E-state index contributed by atoms with van der Waals surface area (Å²) in [6.45, 7) is 3.42.